The lowest BCUT2D eigenvalue weighted by Crippen LogP contribution is -2.36. The molecule has 1 unspecified atom stereocenters. The lowest BCUT2D eigenvalue weighted by atomic mass is 10.1. The Bertz CT molecular complexity index is 1120. The van der Waals surface area contributed by atoms with Crippen LogP contribution in [-0.2, 0) is 11.3 Å². The van der Waals surface area contributed by atoms with Crippen LogP contribution >= 0.6 is 0 Å². The van der Waals surface area contributed by atoms with Crippen LogP contribution in [0.25, 0.3) is 11.0 Å². The fraction of sp³-hybridized carbons (Fsp3) is 0.440. The molecule has 0 aliphatic carbocycles. The Morgan fingerprint density at radius 2 is 1.97 bits per heavy atom. The molecule has 3 heterocycles. The van der Waals surface area contributed by atoms with Crippen LogP contribution in [0.2, 0.25) is 0 Å². The van der Waals surface area contributed by atoms with Crippen molar-refractivity contribution < 1.29 is 9.53 Å². The third kappa shape index (κ3) is 3.81. The van der Waals surface area contributed by atoms with Crippen molar-refractivity contribution in [1.82, 2.24) is 14.5 Å². The van der Waals surface area contributed by atoms with E-state index in [1.54, 1.807) is 0 Å². The molecule has 7 nitrogen and oxygen atoms in total. The van der Waals surface area contributed by atoms with Crippen LogP contribution in [0.5, 0.6) is 0 Å². The van der Waals surface area contributed by atoms with Crippen LogP contribution in [0.1, 0.15) is 37.2 Å². The second kappa shape index (κ2) is 8.82. The molecule has 0 saturated carbocycles. The first-order valence-corrected chi connectivity index (χ1v) is 11.6. The zero-order valence-electron chi connectivity index (χ0n) is 18.9. The number of anilines is 2. The summed E-state index contributed by atoms with van der Waals surface area (Å²) in [6, 6.07) is 14.4. The van der Waals surface area contributed by atoms with Crippen molar-refractivity contribution in [3.05, 3.63) is 53.9 Å². The highest BCUT2D eigenvalue weighted by Gasteiger charge is 2.33. The Kier molecular flexibility index (Phi) is 5.74. The van der Waals surface area contributed by atoms with Gasteiger partial charge in [0.1, 0.15) is 5.82 Å². The maximum Gasteiger partial charge on any atom is 0.322 e. The number of morpholine rings is 1. The van der Waals surface area contributed by atoms with Gasteiger partial charge < -0.3 is 24.4 Å². The summed E-state index contributed by atoms with van der Waals surface area (Å²) < 4.78 is 7.70. The number of amides is 2. The predicted octanol–water partition coefficient (Wildman–Crippen LogP) is 4.57. The Balaban J connectivity index is 1.35. The quantitative estimate of drug-likeness (QED) is 0.655. The maximum atomic E-state index is 13.3. The van der Waals surface area contributed by atoms with Crippen LogP contribution in [-0.4, -0.2) is 53.3 Å². The number of ether oxygens (including phenoxy) is 1. The van der Waals surface area contributed by atoms with E-state index < -0.39 is 0 Å². The number of carbonyl (C=O) groups excluding carboxylic acids is 1. The molecule has 1 aromatic heterocycles. The standard InChI is InChI=1S/C25H31N5O2/c1-3-29-22-8-5-4-7-21(22)26-24(29)23-9-6-12-30(23)25(31)27-20-11-10-19(17-18(20)2)28-13-15-32-16-14-28/h4-5,7-8,10-11,17,23H,3,6,9,12-16H2,1-2H3,(H,27,31). The summed E-state index contributed by atoms with van der Waals surface area (Å²) in [6.45, 7) is 9.09. The van der Waals surface area contributed by atoms with Crippen molar-refractivity contribution in [2.75, 3.05) is 43.1 Å². The van der Waals surface area contributed by atoms with Crippen LogP contribution in [0.15, 0.2) is 42.5 Å². The first-order valence-electron chi connectivity index (χ1n) is 11.6. The van der Waals surface area contributed by atoms with E-state index in [-0.39, 0.29) is 12.1 Å². The van der Waals surface area contributed by atoms with Crippen molar-refractivity contribution >= 4 is 28.4 Å². The molecule has 2 aliphatic heterocycles. The SMILES string of the molecule is CCn1c(C2CCCN2C(=O)Nc2ccc(N3CCOCC3)cc2C)nc2ccccc21. The minimum atomic E-state index is -0.0515. The largest absolute Gasteiger partial charge is 0.378 e. The van der Waals surface area contributed by atoms with Crippen LogP contribution < -0.4 is 10.2 Å². The lowest BCUT2D eigenvalue weighted by molar-refractivity contribution is 0.122. The number of benzene rings is 2. The molecular weight excluding hydrogens is 402 g/mol. The van der Waals surface area contributed by atoms with Gasteiger partial charge in [0.25, 0.3) is 0 Å². The number of fused-ring (bicyclic) bond motifs is 1. The Hall–Kier alpha value is -3.06. The topological polar surface area (TPSA) is 62.6 Å². The Morgan fingerprint density at radius 3 is 2.75 bits per heavy atom. The Morgan fingerprint density at radius 1 is 1.16 bits per heavy atom. The molecule has 1 N–H and O–H groups in total. The molecule has 1 atom stereocenters. The minimum Gasteiger partial charge on any atom is -0.378 e. The zero-order chi connectivity index (χ0) is 22.1. The summed E-state index contributed by atoms with van der Waals surface area (Å²) in [7, 11) is 0. The molecule has 32 heavy (non-hydrogen) atoms. The van der Waals surface area contributed by atoms with Crippen molar-refractivity contribution in [3.63, 3.8) is 0 Å². The molecular formula is C25H31N5O2. The van der Waals surface area contributed by atoms with Gasteiger partial charge in [-0.15, -0.1) is 0 Å². The molecule has 7 heteroatoms. The number of aromatic nitrogens is 2. The van der Waals surface area contributed by atoms with Crippen LogP contribution in [0.4, 0.5) is 16.2 Å². The molecule has 0 radical (unpaired) electrons. The average molecular weight is 434 g/mol. The van der Waals surface area contributed by atoms with E-state index in [1.165, 1.54) is 5.69 Å². The highest BCUT2D eigenvalue weighted by molar-refractivity contribution is 5.91. The highest BCUT2D eigenvalue weighted by atomic mass is 16.5. The first kappa shape index (κ1) is 20.8. The van der Waals surface area contributed by atoms with Gasteiger partial charge in [-0.3, -0.25) is 0 Å². The van der Waals surface area contributed by atoms with Gasteiger partial charge in [-0.25, -0.2) is 9.78 Å². The fourth-order valence-corrected chi connectivity index (χ4v) is 4.95. The molecule has 2 aromatic carbocycles. The number of hydrogen-bond acceptors (Lipinski definition) is 4. The van der Waals surface area contributed by atoms with E-state index >= 15 is 0 Å². The molecule has 2 saturated heterocycles. The summed E-state index contributed by atoms with van der Waals surface area (Å²) in [6.07, 6.45) is 1.92. The molecule has 5 rings (SSSR count). The Labute approximate surface area is 189 Å². The number of urea groups is 1. The number of imidazole rings is 1. The monoisotopic (exact) mass is 433 g/mol. The molecule has 168 valence electrons. The summed E-state index contributed by atoms with van der Waals surface area (Å²) in [5, 5.41) is 3.16. The summed E-state index contributed by atoms with van der Waals surface area (Å²) in [5.74, 6) is 0.987. The molecule has 0 bridgehead atoms. The van der Waals surface area contributed by atoms with Gasteiger partial charge in [0.2, 0.25) is 0 Å². The number of nitrogens with one attached hydrogen (secondary N) is 1. The van der Waals surface area contributed by atoms with Crippen molar-refractivity contribution in [1.29, 1.82) is 0 Å². The van der Waals surface area contributed by atoms with Gasteiger partial charge in [0, 0.05) is 37.6 Å². The maximum absolute atomic E-state index is 13.3. The van der Waals surface area contributed by atoms with Gasteiger partial charge in [-0.05, 0) is 62.6 Å². The molecule has 2 amide bonds. The second-order valence-corrected chi connectivity index (χ2v) is 8.58. The first-order chi connectivity index (χ1) is 15.7. The van der Waals surface area contributed by atoms with Crippen molar-refractivity contribution in [2.45, 2.75) is 39.3 Å². The third-order valence-corrected chi connectivity index (χ3v) is 6.64. The zero-order valence-corrected chi connectivity index (χ0v) is 18.9. The molecule has 0 spiro atoms. The van der Waals surface area contributed by atoms with Gasteiger partial charge in [-0.2, -0.15) is 0 Å². The van der Waals surface area contributed by atoms with Crippen LogP contribution in [0, 0.1) is 6.92 Å². The predicted molar refractivity (Wildman–Crippen MR) is 127 cm³/mol. The number of aryl methyl sites for hydroxylation is 2. The van der Waals surface area contributed by atoms with E-state index in [4.69, 9.17) is 9.72 Å². The highest BCUT2D eigenvalue weighted by Crippen LogP contribution is 2.34. The number of para-hydroxylation sites is 2. The number of carbonyl (C=O) groups is 1. The number of rotatable bonds is 4. The third-order valence-electron chi connectivity index (χ3n) is 6.64. The molecule has 2 aliphatic rings. The second-order valence-electron chi connectivity index (χ2n) is 8.58. The van der Waals surface area contributed by atoms with Crippen molar-refractivity contribution in [2.24, 2.45) is 0 Å². The van der Waals surface area contributed by atoms with E-state index in [0.29, 0.717) is 0 Å². The van der Waals surface area contributed by atoms with Crippen LogP contribution in [0.3, 0.4) is 0 Å². The average Bonchev–Trinajstić information content (AvgIpc) is 3.45. The number of likely N-dealkylation sites (tertiary alicyclic amines) is 1. The normalized spacial score (nSPS) is 19.0. The van der Waals surface area contributed by atoms with Gasteiger partial charge in [-0.1, -0.05) is 12.1 Å². The smallest absolute Gasteiger partial charge is 0.322 e. The summed E-state index contributed by atoms with van der Waals surface area (Å²) in [4.78, 5) is 22.5. The van der Waals surface area contributed by atoms with Crippen molar-refractivity contribution in [3.8, 4) is 0 Å². The minimum absolute atomic E-state index is 0.00437. The summed E-state index contributed by atoms with van der Waals surface area (Å²) in [5.41, 5.74) is 5.23. The van der Waals surface area contributed by atoms with Gasteiger partial charge >= 0.3 is 6.03 Å². The molecule has 2 fully saturated rings. The van der Waals surface area contributed by atoms with E-state index in [2.05, 4.69) is 46.8 Å². The number of nitrogens with zero attached hydrogens (tertiary/aromatic N) is 4. The van der Waals surface area contributed by atoms with E-state index in [0.717, 1.165) is 80.3 Å². The van der Waals surface area contributed by atoms with Gasteiger partial charge in [0.05, 0.1) is 30.3 Å². The van der Waals surface area contributed by atoms with E-state index in [1.807, 2.05) is 29.2 Å². The lowest BCUT2D eigenvalue weighted by Gasteiger charge is -2.29. The number of hydrogen-bond donors (Lipinski definition) is 1. The van der Waals surface area contributed by atoms with Gasteiger partial charge in [0.15, 0.2) is 0 Å². The molecule has 3 aromatic rings. The van der Waals surface area contributed by atoms with E-state index in [9.17, 15) is 4.79 Å². The fourth-order valence-electron chi connectivity index (χ4n) is 4.95. The summed E-state index contributed by atoms with van der Waals surface area (Å²) >= 11 is 0.